The Balaban J connectivity index is 2.90. The first-order valence-electron chi connectivity index (χ1n) is 5.58. The van der Waals surface area contributed by atoms with Crippen molar-refractivity contribution >= 4 is 11.4 Å². The molecule has 0 radical (unpaired) electrons. The molecule has 0 aliphatic heterocycles. The van der Waals surface area contributed by atoms with Crippen LogP contribution in [0.15, 0.2) is 18.2 Å². The maximum absolute atomic E-state index is 12.4. The molecule has 0 aliphatic rings. The van der Waals surface area contributed by atoms with Gasteiger partial charge in [-0.2, -0.15) is 0 Å². The molecule has 0 unspecified atom stereocenters. The number of nitro groups is 1. The molecule has 1 rings (SSSR count). The van der Waals surface area contributed by atoms with Crippen LogP contribution in [0.25, 0.3) is 0 Å². The van der Waals surface area contributed by atoms with Gasteiger partial charge in [0, 0.05) is 19.2 Å². The van der Waals surface area contributed by atoms with Crippen LogP contribution in [-0.2, 0) is 6.54 Å². The molecule has 0 aliphatic carbocycles. The van der Waals surface area contributed by atoms with Crippen LogP contribution in [0.2, 0.25) is 0 Å². The molecule has 0 amide bonds. The van der Waals surface area contributed by atoms with E-state index in [1.807, 2.05) is 0 Å². The van der Waals surface area contributed by atoms with Gasteiger partial charge in [-0.25, -0.2) is 8.78 Å². The number of aliphatic hydroxyl groups is 1. The van der Waals surface area contributed by atoms with Crippen LogP contribution in [0.5, 0.6) is 0 Å². The number of nitrogens with two attached hydrogens (primary N) is 1. The standard InChI is InChI=1S/C11H15F2N3O3/c12-10(13)7-15(4-5-17)6-8-2-1-3-9(11(8)14)16(18)19/h1-3,10,17H,4-7,14H2. The lowest BCUT2D eigenvalue weighted by atomic mass is 10.1. The van der Waals surface area contributed by atoms with Crippen molar-refractivity contribution in [2.75, 3.05) is 25.4 Å². The highest BCUT2D eigenvalue weighted by Gasteiger charge is 2.18. The minimum Gasteiger partial charge on any atom is -0.395 e. The first-order chi connectivity index (χ1) is 8.95. The van der Waals surface area contributed by atoms with Crippen LogP contribution in [0.3, 0.4) is 0 Å². The summed E-state index contributed by atoms with van der Waals surface area (Å²) >= 11 is 0. The number of hydrogen-bond donors (Lipinski definition) is 2. The average Bonchev–Trinajstić information content (AvgIpc) is 2.31. The van der Waals surface area contributed by atoms with Gasteiger partial charge >= 0.3 is 0 Å². The summed E-state index contributed by atoms with van der Waals surface area (Å²) < 4.78 is 24.7. The number of anilines is 1. The van der Waals surface area contributed by atoms with Gasteiger partial charge in [-0.05, 0) is 5.56 Å². The Labute approximate surface area is 108 Å². The molecule has 0 bridgehead atoms. The number of nitrogens with zero attached hydrogens (tertiary/aromatic N) is 2. The number of alkyl halides is 2. The van der Waals surface area contributed by atoms with Crippen molar-refractivity contribution in [1.29, 1.82) is 0 Å². The van der Waals surface area contributed by atoms with E-state index >= 15 is 0 Å². The van der Waals surface area contributed by atoms with Crippen molar-refractivity contribution in [1.82, 2.24) is 4.90 Å². The minimum absolute atomic E-state index is 0.0262. The summed E-state index contributed by atoms with van der Waals surface area (Å²) in [6.45, 7) is -0.727. The van der Waals surface area contributed by atoms with Gasteiger partial charge in [-0.1, -0.05) is 12.1 Å². The van der Waals surface area contributed by atoms with E-state index in [1.54, 1.807) is 0 Å². The SMILES string of the molecule is Nc1c(CN(CCO)CC(F)F)cccc1[N+](=O)[O-]. The van der Waals surface area contributed by atoms with Crippen LogP contribution in [0, 0.1) is 10.1 Å². The van der Waals surface area contributed by atoms with E-state index in [-0.39, 0.29) is 31.1 Å². The molecule has 106 valence electrons. The predicted octanol–water partition coefficient (Wildman–Crippen LogP) is 1.24. The summed E-state index contributed by atoms with van der Waals surface area (Å²) in [5.74, 6) is 0. The fourth-order valence-electron chi connectivity index (χ4n) is 1.71. The third-order valence-corrected chi connectivity index (χ3v) is 2.58. The summed E-state index contributed by atoms with van der Waals surface area (Å²) in [5, 5.41) is 19.5. The van der Waals surface area contributed by atoms with Gasteiger partial charge in [-0.3, -0.25) is 15.0 Å². The van der Waals surface area contributed by atoms with Crippen LogP contribution >= 0.6 is 0 Å². The van der Waals surface area contributed by atoms with E-state index in [0.717, 1.165) is 0 Å². The van der Waals surface area contributed by atoms with E-state index < -0.39 is 17.9 Å². The largest absolute Gasteiger partial charge is 0.395 e. The third kappa shape index (κ3) is 4.42. The van der Waals surface area contributed by atoms with E-state index in [1.165, 1.54) is 23.1 Å². The molecule has 3 N–H and O–H groups in total. The van der Waals surface area contributed by atoms with Crippen LogP contribution in [0.4, 0.5) is 20.2 Å². The fourth-order valence-corrected chi connectivity index (χ4v) is 1.71. The molecule has 0 spiro atoms. The molecule has 0 heterocycles. The molecule has 19 heavy (non-hydrogen) atoms. The van der Waals surface area contributed by atoms with Crippen molar-refractivity contribution in [2.45, 2.75) is 13.0 Å². The molecular weight excluding hydrogens is 260 g/mol. The van der Waals surface area contributed by atoms with Gasteiger partial charge in [0.1, 0.15) is 5.69 Å². The molecule has 1 aromatic rings. The number of halogens is 2. The summed E-state index contributed by atoms with van der Waals surface area (Å²) in [5.41, 5.74) is 5.74. The van der Waals surface area contributed by atoms with Crippen molar-refractivity contribution < 1.29 is 18.8 Å². The number of aliphatic hydroxyl groups excluding tert-OH is 1. The second-order valence-electron chi connectivity index (χ2n) is 3.96. The van der Waals surface area contributed by atoms with Gasteiger partial charge in [0.05, 0.1) is 18.1 Å². The molecule has 0 atom stereocenters. The normalized spacial score (nSPS) is 11.2. The van der Waals surface area contributed by atoms with Crippen molar-refractivity contribution in [3.8, 4) is 0 Å². The van der Waals surface area contributed by atoms with E-state index in [0.29, 0.717) is 5.56 Å². The summed E-state index contributed by atoms with van der Waals surface area (Å²) in [6, 6.07) is 4.24. The minimum atomic E-state index is -2.55. The number of hydrogen-bond acceptors (Lipinski definition) is 5. The Hall–Kier alpha value is -1.80. The Morgan fingerprint density at radius 3 is 2.68 bits per heavy atom. The van der Waals surface area contributed by atoms with Gasteiger partial charge in [0.15, 0.2) is 0 Å². The first kappa shape index (κ1) is 15.3. The quantitative estimate of drug-likeness (QED) is 0.443. The lowest BCUT2D eigenvalue weighted by Gasteiger charge is -2.21. The highest BCUT2D eigenvalue weighted by Crippen LogP contribution is 2.25. The summed E-state index contributed by atoms with van der Waals surface area (Å²) in [6.07, 6.45) is -2.55. The van der Waals surface area contributed by atoms with Crippen LogP contribution in [-0.4, -0.2) is 41.1 Å². The number of nitro benzene ring substituents is 1. The Morgan fingerprint density at radius 1 is 1.47 bits per heavy atom. The van der Waals surface area contributed by atoms with E-state index in [4.69, 9.17) is 10.8 Å². The topological polar surface area (TPSA) is 92.6 Å². The second kappa shape index (κ2) is 6.95. The van der Waals surface area contributed by atoms with Crippen molar-refractivity contribution in [2.24, 2.45) is 0 Å². The maximum Gasteiger partial charge on any atom is 0.292 e. The Kier molecular flexibility index (Phi) is 5.58. The molecule has 1 aromatic carbocycles. The average molecular weight is 275 g/mol. The zero-order chi connectivity index (χ0) is 14.4. The summed E-state index contributed by atoms with van der Waals surface area (Å²) in [4.78, 5) is 11.4. The number of nitrogen functional groups attached to an aromatic ring is 1. The predicted molar refractivity (Wildman–Crippen MR) is 65.9 cm³/mol. The monoisotopic (exact) mass is 275 g/mol. The molecule has 0 saturated carbocycles. The zero-order valence-corrected chi connectivity index (χ0v) is 10.1. The van der Waals surface area contributed by atoms with Gasteiger partial charge in [-0.15, -0.1) is 0 Å². The number of rotatable bonds is 7. The zero-order valence-electron chi connectivity index (χ0n) is 10.1. The smallest absolute Gasteiger partial charge is 0.292 e. The number of para-hydroxylation sites is 1. The first-order valence-corrected chi connectivity index (χ1v) is 5.58. The van der Waals surface area contributed by atoms with E-state index in [2.05, 4.69) is 0 Å². The summed E-state index contributed by atoms with van der Waals surface area (Å²) in [7, 11) is 0. The van der Waals surface area contributed by atoms with Crippen molar-refractivity contribution in [3.63, 3.8) is 0 Å². The molecule has 0 fully saturated rings. The molecule has 0 aromatic heterocycles. The highest BCUT2D eigenvalue weighted by molar-refractivity contribution is 5.62. The molecular formula is C11H15F2N3O3. The van der Waals surface area contributed by atoms with E-state index in [9.17, 15) is 18.9 Å². The Morgan fingerprint density at radius 2 is 2.16 bits per heavy atom. The number of benzene rings is 1. The fraction of sp³-hybridized carbons (Fsp3) is 0.455. The highest BCUT2D eigenvalue weighted by atomic mass is 19.3. The third-order valence-electron chi connectivity index (χ3n) is 2.58. The van der Waals surface area contributed by atoms with Gasteiger partial charge in [0.2, 0.25) is 0 Å². The van der Waals surface area contributed by atoms with Crippen molar-refractivity contribution in [3.05, 3.63) is 33.9 Å². The second-order valence-corrected chi connectivity index (χ2v) is 3.96. The van der Waals surface area contributed by atoms with Gasteiger partial charge in [0.25, 0.3) is 12.1 Å². The molecule has 6 nitrogen and oxygen atoms in total. The molecule has 8 heteroatoms. The maximum atomic E-state index is 12.4. The lowest BCUT2D eigenvalue weighted by molar-refractivity contribution is -0.384. The van der Waals surface area contributed by atoms with Crippen LogP contribution in [0.1, 0.15) is 5.56 Å². The van der Waals surface area contributed by atoms with Gasteiger partial charge < -0.3 is 10.8 Å². The molecule has 0 saturated heterocycles. The lowest BCUT2D eigenvalue weighted by Crippen LogP contribution is -2.31. The van der Waals surface area contributed by atoms with Crippen LogP contribution < -0.4 is 5.73 Å². The Bertz CT molecular complexity index is 443.